The van der Waals surface area contributed by atoms with E-state index in [4.69, 9.17) is 11.6 Å². The smallest absolute Gasteiger partial charge is 0.224 e. The summed E-state index contributed by atoms with van der Waals surface area (Å²) in [5, 5.41) is 20.0. The van der Waals surface area contributed by atoms with Gasteiger partial charge in [0.25, 0.3) is 0 Å². The molecule has 1 aliphatic rings. The molecule has 1 saturated heterocycles. The molecule has 0 saturated carbocycles. The molecule has 1 aromatic heterocycles. The standard InChI is InChI=1S/C20H25ClN4O3S/c1-12-16(11-26)29-20(23-12)19(15-3-2-10-22-15)25-18(28)9-8-17(27)24-14-6-4-13(21)5-7-14/h4-7,15,19,22,26H,2-3,8-11H2,1H3,(H,24,27)(H,25,28). The molecular weight excluding hydrogens is 412 g/mol. The van der Waals surface area contributed by atoms with E-state index in [-0.39, 0.29) is 43.3 Å². The van der Waals surface area contributed by atoms with Crippen molar-refractivity contribution in [1.29, 1.82) is 0 Å². The minimum Gasteiger partial charge on any atom is -0.391 e. The molecule has 0 aliphatic carbocycles. The summed E-state index contributed by atoms with van der Waals surface area (Å²) in [5.74, 6) is -0.431. The van der Waals surface area contributed by atoms with Crippen molar-refractivity contribution in [3.63, 3.8) is 0 Å². The average Bonchev–Trinajstić information content (AvgIpc) is 3.36. The second-order valence-corrected chi connectivity index (χ2v) is 8.57. The van der Waals surface area contributed by atoms with Crippen LogP contribution in [0.4, 0.5) is 5.69 Å². The zero-order valence-corrected chi connectivity index (χ0v) is 17.8. The van der Waals surface area contributed by atoms with Gasteiger partial charge in [-0.1, -0.05) is 11.6 Å². The Morgan fingerprint density at radius 2 is 2.03 bits per heavy atom. The Labute approximate surface area is 178 Å². The summed E-state index contributed by atoms with van der Waals surface area (Å²) in [6.07, 6.45) is 2.14. The number of carbonyl (C=O) groups excluding carboxylic acids is 2. The minimum absolute atomic E-state index is 0.0624. The fourth-order valence-corrected chi connectivity index (χ4v) is 4.46. The lowest BCUT2D eigenvalue weighted by Crippen LogP contribution is -2.41. The molecule has 3 rings (SSSR count). The van der Waals surface area contributed by atoms with Gasteiger partial charge < -0.3 is 21.1 Å². The van der Waals surface area contributed by atoms with Crippen molar-refractivity contribution in [3.8, 4) is 0 Å². The van der Waals surface area contributed by atoms with Crippen molar-refractivity contribution in [1.82, 2.24) is 15.6 Å². The van der Waals surface area contributed by atoms with Gasteiger partial charge in [0.2, 0.25) is 11.8 Å². The number of hydrogen-bond donors (Lipinski definition) is 4. The molecule has 2 heterocycles. The lowest BCUT2D eigenvalue weighted by Gasteiger charge is -2.23. The van der Waals surface area contributed by atoms with Gasteiger partial charge in [-0.3, -0.25) is 9.59 Å². The van der Waals surface area contributed by atoms with Crippen LogP contribution in [-0.4, -0.2) is 34.5 Å². The van der Waals surface area contributed by atoms with Gasteiger partial charge in [-0.25, -0.2) is 4.98 Å². The molecule has 0 bridgehead atoms. The first-order chi connectivity index (χ1) is 14.0. The van der Waals surface area contributed by atoms with Crippen LogP contribution in [0.3, 0.4) is 0 Å². The number of nitrogens with zero attached hydrogens (tertiary/aromatic N) is 1. The van der Waals surface area contributed by atoms with Gasteiger partial charge in [0.05, 0.1) is 23.2 Å². The van der Waals surface area contributed by atoms with Crippen LogP contribution < -0.4 is 16.0 Å². The zero-order chi connectivity index (χ0) is 20.8. The first kappa shape index (κ1) is 21.7. The Morgan fingerprint density at radius 3 is 2.66 bits per heavy atom. The predicted molar refractivity (Wildman–Crippen MR) is 114 cm³/mol. The first-order valence-electron chi connectivity index (χ1n) is 9.61. The Kier molecular flexibility index (Phi) is 7.60. The number of aromatic nitrogens is 1. The van der Waals surface area contributed by atoms with E-state index in [2.05, 4.69) is 20.9 Å². The summed E-state index contributed by atoms with van der Waals surface area (Å²) >= 11 is 7.25. The number of benzene rings is 1. The summed E-state index contributed by atoms with van der Waals surface area (Å²) in [6.45, 7) is 2.69. The molecule has 1 aliphatic heterocycles. The number of nitrogens with one attached hydrogen (secondary N) is 3. The topological polar surface area (TPSA) is 103 Å². The third kappa shape index (κ3) is 5.99. The van der Waals surface area contributed by atoms with E-state index in [0.29, 0.717) is 10.7 Å². The maximum absolute atomic E-state index is 12.5. The number of amides is 2. The second kappa shape index (κ2) is 10.2. The molecule has 156 valence electrons. The molecule has 0 spiro atoms. The van der Waals surface area contributed by atoms with E-state index in [1.54, 1.807) is 24.3 Å². The predicted octanol–water partition coefficient (Wildman–Crippen LogP) is 2.93. The lowest BCUT2D eigenvalue weighted by atomic mass is 10.1. The fourth-order valence-electron chi connectivity index (χ4n) is 3.29. The molecule has 4 N–H and O–H groups in total. The molecule has 2 amide bonds. The summed E-state index contributed by atoms with van der Waals surface area (Å²) in [5.41, 5.74) is 1.43. The molecule has 2 aromatic rings. The number of aryl methyl sites for hydroxylation is 1. The molecule has 7 nitrogen and oxygen atoms in total. The van der Waals surface area contributed by atoms with Gasteiger partial charge >= 0.3 is 0 Å². The van der Waals surface area contributed by atoms with Crippen LogP contribution in [0.2, 0.25) is 5.02 Å². The lowest BCUT2D eigenvalue weighted by molar-refractivity contribution is -0.125. The number of carbonyl (C=O) groups is 2. The van der Waals surface area contributed by atoms with Crippen molar-refractivity contribution in [2.45, 2.75) is 51.3 Å². The normalized spacial score (nSPS) is 17.1. The summed E-state index contributed by atoms with van der Waals surface area (Å²) in [4.78, 5) is 30.0. The average molecular weight is 437 g/mol. The first-order valence-corrected chi connectivity index (χ1v) is 10.8. The van der Waals surface area contributed by atoms with Gasteiger partial charge in [0, 0.05) is 29.6 Å². The van der Waals surface area contributed by atoms with E-state index in [1.807, 2.05) is 6.92 Å². The molecule has 1 aromatic carbocycles. The maximum Gasteiger partial charge on any atom is 0.224 e. The molecule has 0 radical (unpaired) electrons. The molecule has 2 atom stereocenters. The maximum atomic E-state index is 12.5. The van der Waals surface area contributed by atoms with Crippen LogP contribution in [0.1, 0.15) is 47.3 Å². The van der Waals surface area contributed by atoms with E-state index in [9.17, 15) is 14.7 Å². The number of aliphatic hydroxyl groups is 1. The quantitative estimate of drug-likeness (QED) is 0.509. The molecule has 9 heteroatoms. The van der Waals surface area contributed by atoms with Crippen LogP contribution in [0, 0.1) is 6.92 Å². The largest absolute Gasteiger partial charge is 0.391 e. The Balaban J connectivity index is 1.57. The van der Waals surface area contributed by atoms with Crippen molar-refractivity contribution < 1.29 is 14.7 Å². The summed E-state index contributed by atoms with van der Waals surface area (Å²) in [7, 11) is 0. The van der Waals surface area contributed by atoms with Crippen LogP contribution in [-0.2, 0) is 16.2 Å². The number of rotatable bonds is 8. The van der Waals surface area contributed by atoms with E-state index < -0.39 is 0 Å². The molecule has 2 unspecified atom stereocenters. The van der Waals surface area contributed by atoms with Crippen LogP contribution >= 0.6 is 22.9 Å². The summed E-state index contributed by atoms with van der Waals surface area (Å²) in [6, 6.07) is 6.64. The SMILES string of the molecule is Cc1nc(C(NC(=O)CCC(=O)Nc2ccc(Cl)cc2)C2CCCN2)sc1CO. The third-order valence-electron chi connectivity index (χ3n) is 4.84. The highest BCUT2D eigenvalue weighted by Crippen LogP contribution is 2.29. The molecule has 1 fully saturated rings. The van der Waals surface area contributed by atoms with Crippen LogP contribution in [0.25, 0.3) is 0 Å². The van der Waals surface area contributed by atoms with Gasteiger partial charge in [0.1, 0.15) is 5.01 Å². The second-order valence-electron chi connectivity index (χ2n) is 7.02. The van der Waals surface area contributed by atoms with Crippen molar-refractivity contribution in [2.24, 2.45) is 0 Å². The van der Waals surface area contributed by atoms with Gasteiger partial charge in [0.15, 0.2) is 0 Å². The fraction of sp³-hybridized carbons (Fsp3) is 0.450. The monoisotopic (exact) mass is 436 g/mol. The van der Waals surface area contributed by atoms with Crippen LogP contribution in [0.5, 0.6) is 0 Å². The molecule has 29 heavy (non-hydrogen) atoms. The number of aliphatic hydroxyl groups excluding tert-OH is 1. The number of halogens is 1. The Hall–Kier alpha value is -2.00. The third-order valence-corrected chi connectivity index (χ3v) is 6.32. The Morgan fingerprint density at radius 1 is 1.31 bits per heavy atom. The van der Waals surface area contributed by atoms with E-state index >= 15 is 0 Å². The van der Waals surface area contributed by atoms with Crippen molar-refractivity contribution in [2.75, 3.05) is 11.9 Å². The summed E-state index contributed by atoms with van der Waals surface area (Å²) < 4.78 is 0. The van der Waals surface area contributed by atoms with E-state index in [0.717, 1.165) is 35.0 Å². The highest BCUT2D eigenvalue weighted by molar-refractivity contribution is 7.11. The van der Waals surface area contributed by atoms with Crippen molar-refractivity contribution >= 4 is 40.4 Å². The molecular formula is C20H25ClN4O3S. The highest BCUT2D eigenvalue weighted by Gasteiger charge is 2.30. The zero-order valence-electron chi connectivity index (χ0n) is 16.2. The van der Waals surface area contributed by atoms with E-state index in [1.165, 1.54) is 11.3 Å². The van der Waals surface area contributed by atoms with Crippen LogP contribution in [0.15, 0.2) is 24.3 Å². The van der Waals surface area contributed by atoms with Gasteiger partial charge in [-0.05, 0) is 50.6 Å². The Bertz CT molecular complexity index is 850. The van der Waals surface area contributed by atoms with Gasteiger partial charge in [-0.15, -0.1) is 11.3 Å². The minimum atomic E-state index is -0.270. The number of anilines is 1. The van der Waals surface area contributed by atoms with Gasteiger partial charge in [-0.2, -0.15) is 0 Å². The number of thiazole rings is 1. The number of hydrogen-bond acceptors (Lipinski definition) is 6. The van der Waals surface area contributed by atoms with Crippen molar-refractivity contribution in [3.05, 3.63) is 44.9 Å². The highest BCUT2D eigenvalue weighted by atomic mass is 35.5.